The summed E-state index contributed by atoms with van der Waals surface area (Å²) in [7, 11) is 0. The molecule has 0 saturated carbocycles. The second-order valence-electron chi connectivity index (χ2n) is 16.1. The van der Waals surface area contributed by atoms with E-state index in [2.05, 4.69) is 191 Å². The highest BCUT2D eigenvalue weighted by molar-refractivity contribution is 6.11. The van der Waals surface area contributed by atoms with Crippen LogP contribution in [-0.4, -0.2) is 19.1 Å². The van der Waals surface area contributed by atoms with Crippen LogP contribution >= 0.6 is 0 Å². The van der Waals surface area contributed by atoms with Gasteiger partial charge in [-0.3, -0.25) is 0 Å². The lowest BCUT2D eigenvalue weighted by molar-refractivity contribution is 1.16. The summed E-state index contributed by atoms with van der Waals surface area (Å²) >= 11 is 0. The van der Waals surface area contributed by atoms with Crippen LogP contribution in [0.4, 0.5) is 0 Å². The molecular formula is C59H37N5. The summed E-state index contributed by atoms with van der Waals surface area (Å²) in [6.07, 6.45) is 0. The van der Waals surface area contributed by atoms with Crippen molar-refractivity contribution in [1.29, 1.82) is 5.26 Å². The Labute approximate surface area is 370 Å². The fourth-order valence-electron chi connectivity index (χ4n) is 9.35. The number of nitrogens with zero attached hydrogens (tertiary/aromatic N) is 5. The van der Waals surface area contributed by atoms with Gasteiger partial charge in [0.25, 0.3) is 0 Å². The smallest absolute Gasteiger partial charge is 0.160 e. The topological polar surface area (TPSA) is 59.4 Å². The molecule has 0 unspecified atom stereocenters. The van der Waals surface area contributed by atoms with E-state index in [9.17, 15) is 5.26 Å². The Morgan fingerprint density at radius 2 is 0.812 bits per heavy atom. The van der Waals surface area contributed by atoms with Crippen molar-refractivity contribution in [3.05, 3.63) is 230 Å². The molecule has 0 bridgehead atoms. The molecule has 5 heteroatoms. The third kappa shape index (κ3) is 6.24. The van der Waals surface area contributed by atoms with Crippen molar-refractivity contribution < 1.29 is 0 Å². The van der Waals surface area contributed by atoms with Gasteiger partial charge in [-0.2, -0.15) is 5.26 Å². The normalized spacial score (nSPS) is 11.4. The number of rotatable bonds is 7. The molecular weight excluding hydrogens is 779 g/mol. The van der Waals surface area contributed by atoms with E-state index in [1.165, 1.54) is 43.7 Å². The van der Waals surface area contributed by atoms with Gasteiger partial charge in [0.05, 0.1) is 45.1 Å². The molecule has 5 nitrogen and oxygen atoms in total. The van der Waals surface area contributed by atoms with Gasteiger partial charge in [-0.15, -0.1) is 0 Å². The van der Waals surface area contributed by atoms with Gasteiger partial charge in [0.1, 0.15) is 0 Å². The van der Waals surface area contributed by atoms with E-state index >= 15 is 0 Å². The number of aromatic nitrogens is 4. The van der Waals surface area contributed by atoms with Gasteiger partial charge in [-0.1, -0.05) is 152 Å². The zero-order valence-electron chi connectivity index (χ0n) is 34.6. The summed E-state index contributed by atoms with van der Waals surface area (Å²) in [6.45, 7) is 0. The number of hydrogen-bond acceptors (Lipinski definition) is 3. The van der Waals surface area contributed by atoms with Crippen molar-refractivity contribution in [2.24, 2.45) is 0 Å². The van der Waals surface area contributed by atoms with Crippen molar-refractivity contribution in [2.45, 2.75) is 0 Å². The molecule has 0 aliphatic heterocycles. The average Bonchev–Trinajstić information content (AvgIpc) is 3.89. The van der Waals surface area contributed by atoms with Gasteiger partial charge in [0.2, 0.25) is 0 Å². The van der Waals surface area contributed by atoms with Gasteiger partial charge in [0.15, 0.2) is 5.82 Å². The van der Waals surface area contributed by atoms with Gasteiger partial charge < -0.3 is 9.13 Å². The fourth-order valence-corrected chi connectivity index (χ4v) is 9.35. The lowest BCUT2D eigenvalue weighted by Crippen LogP contribution is -1.99. The van der Waals surface area contributed by atoms with E-state index in [0.29, 0.717) is 17.1 Å². The van der Waals surface area contributed by atoms with E-state index in [-0.39, 0.29) is 0 Å². The second kappa shape index (κ2) is 15.3. The predicted molar refractivity (Wildman–Crippen MR) is 263 cm³/mol. The lowest BCUT2D eigenvalue weighted by Gasteiger charge is -2.12. The highest BCUT2D eigenvalue weighted by Gasteiger charge is 2.18. The molecule has 0 radical (unpaired) electrons. The van der Waals surface area contributed by atoms with Crippen LogP contribution in [0.1, 0.15) is 5.56 Å². The van der Waals surface area contributed by atoms with Crippen LogP contribution < -0.4 is 0 Å². The summed E-state index contributed by atoms with van der Waals surface area (Å²) in [5.41, 5.74) is 16.2. The Kier molecular flexibility index (Phi) is 8.81. The van der Waals surface area contributed by atoms with E-state index in [4.69, 9.17) is 9.97 Å². The maximum Gasteiger partial charge on any atom is 0.160 e. The third-order valence-electron chi connectivity index (χ3n) is 12.4. The van der Waals surface area contributed by atoms with Gasteiger partial charge in [-0.05, 0) is 95.1 Å². The number of fused-ring (bicyclic) bond motifs is 6. The Morgan fingerprint density at radius 1 is 0.328 bits per heavy atom. The van der Waals surface area contributed by atoms with Crippen molar-refractivity contribution in [3.63, 3.8) is 0 Å². The highest BCUT2D eigenvalue weighted by Crippen LogP contribution is 2.39. The van der Waals surface area contributed by atoms with Crippen molar-refractivity contribution in [1.82, 2.24) is 19.1 Å². The quantitative estimate of drug-likeness (QED) is 0.161. The Balaban J connectivity index is 0.918. The van der Waals surface area contributed by atoms with Crippen molar-refractivity contribution in [2.75, 3.05) is 0 Å². The zero-order chi connectivity index (χ0) is 42.6. The first-order valence-electron chi connectivity index (χ1n) is 21.5. The monoisotopic (exact) mass is 815 g/mol. The molecule has 298 valence electrons. The van der Waals surface area contributed by atoms with Crippen LogP contribution in [0.5, 0.6) is 0 Å². The van der Waals surface area contributed by atoms with Crippen LogP contribution in [0.2, 0.25) is 0 Å². The molecule has 0 amide bonds. The average molecular weight is 816 g/mol. The van der Waals surface area contributed by atoms with Gasteiger partial charge >= 0.3 is 0 Å². The SMILES string of the molecule is N#Cc1ccccc1-c1cc(-c2ccccc2)nc(-c2cccc(-n3c4ccccc4c4cc(-c5ccc(-c6ccc7c(c6)c6ccccc6n7-c6ccccc6)cc5)ccc43)c2)n1. The first kappa shape index (κ1) is 37.0. The van der Waals surface area contributed by atoms with E-state index < -0.39 is 0 Å². The first-order valence-corrected chi connectivity index (χ1v) is 21.5. The molecule has 12 rings (SSSR count). The molecule has 0 atom stereocenters. The van der Waals surface area contributed by atoms with Crippen LogP contribution in [0, 0.1) is 11.3 Å². The van der Waals surface area contributed by atoms with E-state index in [0.717, 1.165) is 55.9 Å². The summed E-state index contributed by atoms with van der Waals surface area (Å²) in [6, 6.07) is 81.0. The Bertz CT molecular complexity index is 3780. The maximum absolute atomic E-state index is 9.99. The highest BCUT2D eigenvalue weighted by atomic mass is 15.0. The first-order chi connectivity index (χ1) is 31.7. The number of benzene rings is 9. The number of para-hydroxylation sites is 3. The minimum Gasteiger partial charge on any atom is -0.309 e. The molecule has 3 heterocycles. The molecule has 0 spiro atoms. The van der Waals surface area contributed by atoms with E-state index in [1.54, 1.807) is 0 Å². The minimum atomic E-state index is 0.571. The van der Waals surface area contributed by atoms with Crippen LogP contribution in [0.15, 0.2) is 224 Å². The van der Waals surface area contributed by atoms with Crippen molar-refractivity contribution in [3.8, 4) is 73.6 Å². The number of hydrogen-bond donors (Lipinski definition) is 0. The van der Waals surface area contributed by atoms with Crippen LogP contribution in [-0.2, 0) is 0 Å². The summed E-state index contributed by atoms with van der Waals surface area (Å²) in [5.74, 6) is 0.594. The molecule has 0 fully saturated rings. The molecule has 64 heavy (non-hydrogen) atoms. The Hall–Kier alpha value is -8.85. The predicted octanol–water partition coefficient (Wildman–Crippen LogP) is 14.9. The number of nitriles is 1. The van der Waals surface area contributed by atoms with E-state index in [1.807, 2.05) is 48.5 Å². The molecule has 0 N–H and O–H groups in total. The Morgan fingerprint density at radius 3 is 1.45 bits per heavy atom. The molecule has 9 aromatic carbocycles. The minimum absolute atomic E-state index is 0.571. The second-order valence-corrected chi connectivity index (χ2v) is 16.1. The van der Waals surface area contributed by atoms with Crippen LogP contribution in [0.25, 0.3) is 111 Å². The molecule has 0 aliphatic rings. The summed E-state index contributed by atoms with van der Waals surface area (Å²) in [4.78, 5) is 10.2. The maximum atomic E-state index is 9.99. The van der Waals surface area contributed by atoms with Crippen LogP contribution in [0.3, 0.4) is 0 Å². The fraction of sp³-hybridized carbons (Fsp3) is 0. The van der Waals surface area contributed by atoms with Crippen molar-refractivity contribution >= 4 is 43.6 Å². The standard InChI is InChI=1S/C59H37N5/c60-38-45-16-7-8-21-48(45)54-37-53(41-14-3-1-4-15-41)61-59(62-54)44-17-13-20-47(34-44)64-56-25-12-10-23-50(56)52-36-43(31-33-58(52)64)40-28-26-39(27-29-40)42-30-32-57-51(35-42)49-22-9-11-24-55(49)63(57)46-18-5-2-6-19-46/h1-37H. The zero-order valence-corrected chi connectivity index (χ0v) is 34.6. The molecule has 0 saturated heterocycles. The third-order valence-corrected chi connectivity index (χ3v) is 12.4. The summed E-state index contributed by atoms with van der Waals surface area (Å²) < 4.78 is 4.69. The van der Waals surface area contributed by atoms with Gasteiger partial charge in [0, 0.05) is 49.6 Å². The summed E-state index contributed by atoms with van der Waals surface area (Å²) in [5, 5.41) is 14.8. The lowest BCUT2D eigenvalue weighted by atomic mass is 9.98. The van der Waals surface area contributed by atoms with Gasteiger partial charge in [-0.25, -0.2) is 9.97 Å². The molecule has 0 aliphatic carbocycles. The largest absolute Gasteiger partial charge is 0.309 e. The molecule has 3 aromatic heterocycles. The molecule has 12 aromatic rings.